The van der Waals surface area contributed by atoms with Gasteiger partial charge in [-0.05, 0) is 43.3 Å². The van der Waals surface area contributed by atoms with Gasteiger partial charge in [0.1, 0.15) is 17.7 Å². The summed E-state index contributed by atoms with van der Waals surface area (Å²) in [7, 11) is 0. The first-order chi connectivity index (χ1) is 12.6. The van der Waals surface area contributed by atoms with Crippen molar-refractivity contribution in [3.8, 4) is 11.5 Å². The molecule has 2 aromatic carbocycles. The predicted octanol–water partition coefficient (Wildman–Crippen LogP) is 3.08. The highest BCUT2D eigenvalue weighted by Crippen LogP contribution is 2.23. The first-order valence-corrected chi connectivity index (χ1v) is 8.70. The molecule has 1 atom stereocenters. The number of anilines is 1. The fraction of sp³-hybridized carbons (Fsp3) is 0.111. The number of aromatic amines is 1. The van der Waals surface area contributed by atoms with Crippen LogP contribution < -0.4 is 15.6 Å². The van der Waals surface area contributed by atoms with Crippen molar-refractivity contribution >= 4 is 23.4 Å². The molecule has 8 heteroatoms. The van der Waals surface area contributed by atoms with Crippen LogP contribution in [-0.2, 0) is 4.79 Å². The van der Waals surface area contributed by atoms with Crippen molar-refractivity contribution in [2.24, 2.45) is 0 Å². The average molecular weight is 368 g/mol. The Morgan fingerprint density at radius 3 is 2.50 bits per heavy atom. The van der Waals surface area contributed by atoms with Crippen LogP contribution in [0.4, 0.5) is 5.69 Å². The molecular weight excluding hydrogens is 352 g/mol. The van der Waals surface area contributed by atoms with Crippen LogP contribution in [0.5, 0.6) is 11.5 Å². The molecule has 0 bridgehead atoms. The van der Waals surface area contributed by atoms with Crippen LogP contribution in [0.1, 0.15) is 6.92 Å². The smallest absolute Gasteiger partial charge is 0.270 e. The summed E-state index contributed by atoms with van der Waals surface area (Å²) in [6.45, 7) is 1.72. The molecule has 26 heavy (non-hydrogen) atoms. The summed E-state index contributed by atoms with van der Waals surface area (Å²) >= 11 is 1.12. The number of H-pyrrole nitrogens is 1. The molecule has 1 heterocycles. The van der Waals surface area contributed by atoms with E-state index in [-0.39, 0.29) is 11.5 Å². The molecular formula is C18H16N4O3S. The lowest BCUT2D eigenvalue weighted by molar-refractivity contribution is -0.115. The molecule has 0 saturated heterocycles. The Morgan fingerprint density at radius 1 is 1.12 bits per heavy atom. The van der Waals surface area contributed by atoms with Crippen LogP contribution in [0.2, 0.25) is 0 Å². The zero-order valence-corrected chi connectivity index (χ0v) is 14.7. The Labute approximate surface area is 153 Å². The van der Waals surface area contributed by atoms with Gasteiger partial charge < -0.3 is 10.1 Å². The molecule has 3 rings (SSSR count). The number of hydrogen-bond donors (Lipinski definition) is 2. The van der Waals surface area contributed by atoms with Gasteiger partial charge in [0.25, 0.3) is 5.56 Å². The second-order valence-electron chi connectivity index (χ2n) is 5.33. The van der Waals surface area contributed by atoms with Gasteiger partial charge in [0.2, 0.25) is 5.91 Å². The zero-order valence-electron chi connectivity index (χ0n) is 13.9. The molecule has 0 aliphatic rings. The van der Waals surface area contributed by atoms with Crippen molar-refractivity contribution in [1.82, 2.24) is 15.2 Å². The molecule has 3 aromatic rings. The number of carbonyl (C=O) groups is 1. The second kappa shape index (κ2) is 8.30. The standard InChI is InChI=1S/C18H16N4O3S/c1-12(26-18-21-16(23)11-19-22-18)17(24)20-13-7-9-15(10-8-13)25-14-5-3-2-4-6-14/h2-12H,1H3,(H,20,24)(H,21,22,23)/t12-/m1/s1. The van der Waals surface area contributed by atoms with Crippen molar-refractivity contribution in [3.05, 3.63) is 71.1 Å². The number of nitrogens with zero attached hydrogens (tertiary/aromatic N) is 2. The number of ether oxygens (including phenoxy) is 1. The molecule has 7 nitrogen and oxygen atoms in total. The van der Waals surface area contributed by atoms with Crippen molar-refractivity contribution in [2.45, 2.75) is 17.3 Å². The first kappa shape index (κ1) is 17.7. The fourth-order valence-electron chi connectivity index (χ4n) is 2.05. The molecule has 1 aromatic heterocycles. The summed E-state index contributed by atoms with van der Waals surface area (Å²) in [5.41, 5.74) is 0.291. The van der Waals surface area contributed by atoms with Crippen molar-refractivity contribution < 1.29 is 9.53 Å². The third-order valence-electron chi connectivity index (χ3n) is 3.31. The Hall–Kier alpha value is -3.13. The highest BCUT2D eigenvalue weighted by Gasteiger charge is 2.16. The fourth-order valence-corrected chi connectivity index (χ4v) is 2.80. The van der Waals surface area contributed by atoms with Crippen molar-refractivity contribution in [1.29, 1.82) is 0 Å². The van der Waals surface area contributed by atoms with Crippen LogP contribution in [0.25, 0.3) is 0 Å². The number of rotatable bonds is 6. The van der Waals surface area contributed by atoms with Gasteiger partial charge in [0, 0.05) is 5.69 Å². The number of aromatic nitrogens is 3. The maximum atomic E-state index is 12.3. The van der Waals surface area contributed by atoms with E-state index in [0.29, 0.717) is 16.6 Å². The van der Waals surface area contributed by atoms with Gasteiger partial charge >= 0.3 is 0 Å². The van der Waals surface area contributed by atoms with Gasteiger partial charge in [-0.3, -0.25) is 14.6 Å². The number of para-hydroxylation sites is 1. The van der Waals surface area contributed by atoms with Crippen LogP contribution >= 0.6 is 11.8 Å². The Balaban J connectivity index is 1.57. The minimum atomic E-state index is -0.456. The SMILES string of the molecule is C[C@@H](Sc1nncc(=O)[nH]1)C(=O)Nc1ccc(Oc2ccccc2)cc1. The van der Waals surface area contributed by atoms with E-state index in [1.54, 1.807) is 31.2 Å². The van der Waals surface area contributed by atoms with E-state index in [9.17, 15) is 9.59 Å². The van der Waals surface area contributed by atoms with Gasteiger partial charge in [-0.1, -0.05) is 30.0 Å². The Kier molecular flexibility index (Phi) is 5.65. The predicted molar refractivity (Wildman–Crippen MR) is 99.6 cm³/mol. The molecule has 0 radical (unpaired) electrons. The molecule has 0 aliphatic carbocycles. The molecule has 0 spiro atoms. The van der Waals surface area contributed by atoms with Crippen LogP contribution in [0, 0.1) is 0 Å². The van der Waals surface area contributed by atoms with Gasteiger partial charge in [-0.25, -0.2) is 0 Å². The third kappa shape index (κ3) is 4.93. The number of thioether (sulfide) groups is 1. The van der Waals surface area contributed by atoms with Crippen LogP contribution in [-0.4, -0.2) is 26.3 Å². The van der Waals surface area contributed by atoms with Crippen LogP contribution in [0.3, 0.4) is 0 Å². The molecule has 0 saturated carbocycles. The maximum Gasteiger partial charge on any atom is 0.270 e. The number of benzene rings is 2. The van der Waals surface area contributed by atoms with Gasteiger partial charge in [0.05, 0.1) is 5.25 Å². The van der Waals surface area contributed by atoms with E-state index >= 15 is 0 Å². The number of nitrogens with one attached hydrogen (secondary N) is 2. The maximum absolute atomic E-state index is 12.3. The molecule has 0 unspecified atom stereocenters. The third-order valence-corrected chi connectivity index (χ3v) is 4.29. The lowest BCUT2D eigenvalue weighted by atomic mass is 10.3. The lowest BCUT2D eigenvalue weighted by Gasteiger charge is -2.11. The van der Waals surface area contributed by atoms with Crippen molar-refractivity contribution in [3.63, 3.8) is 0 Å². The van der Waals surface area contributed by atoms with E-state index in [0.717, 1.165) is 23.7 Å². The summed E-state index contributed by atoms with van der Waals surface area (Å²) < 4.78 is 5.71. The summed E-state index contributed by atoms with van der Waals surface area (Å²) in [5, 5.41) is 10.00. The van der Waals surface area contributed by atoms with E-state index in [4.69, 9.17) is 4.74 Å². The Morgan fingerprint density at radius 2 is 1.81 bits per heavy atom. The van der Waals surface area contributed by atoms with E-state index < -0.39 is 5.25 Å². The molecule has 132 valence electrons. The summed E-state index contributed by atoms with van der Waals surface area (Å²) in [5.74, 6) is 1.21. The largest absolute Gasteiger partial charge is 0.457 e. The molecule has 1 amide bonds. The normalized spacial score (nSPS) is 11.6. The highest BCUT2D eigenvalue weighted by atomic mass is 32.2. The zero-order chi connectivity index (χ0) is 18.4. The minimum Gasteiger partial charge on any atom is -0.457 e. The minimum absolute atomic E-state index is 0.210. The Bertz CT molecular complexity index is 929. The monoisotopic (exact) mass is 368 g/mol. The first-order valence-electron chi connectivity index (χ1n) is 7.82. The summed E-state index contributed by atoms with van der Waals surface area (Å²) in [6, 6.07) is 16.5. The number of amides is 1. The quantitative estimate of drug-likeness (QED) is 0.649. The van der Waals surface area contributed by atoms with E-state index in [1.807, 2.05) is 30.3 Å². The van der Waals surface area contributed by atoms with Gasteiger partial charge in [0.15, 0.2) is 5.16 Å². The van der Waals surface area contributed by atoms with Crippen LogP contribution in [0.15, 0.2) is 70.7 Å². The van der Waals surface area contributed by atoms with E-state index in [2.05, 4.69) is 20.5 Å². The molecule has 2 N–H and O–H groups in total. The average Bonchev–Trinajstić information content (AvgIpc) is 2.64. The highest BCUT2D eigenvalue weighted by molar-refractivity contribution is 8.00. The lowest BCUT2D eigenvalue weighted by Crippen LogP contribution is -2.23. The topological polar surface area (TPSA) is 97.0 Å². The number of hydrogen-bond acceptors (Lipinski definition) is 6. The second-order valence-corrected chi connectivity index (χ2v) is 6.66. The van der Waals surface area contributed by atoms with Gasteiger partial charge in [-0.2, -0.15) is 5.10 Å². The molecule has 0 fully saturated rings. The summed E-state index contributed by atoms with van der Waals surface area (Å²) in [4.78, 5) is 26.0. The summed E-state index contributed by atoms with van der Waals surface area (Å²) in [6.07, 6.45) is 1.08. The number of carbonyl (C=O) groups excluding carboxylic acids is 1. The van der Waals surface area contributed by atoms with Gasteiger partial charge in [-0.15, -0.1) is 5.10 Å². The molecule has 0 aliphatic heterocycles. The van der Waals surface area contributed by atoms with E-state index in [1.165, 1.54) is 0 Å². The van der Waals surface area contributed by atoms with Crippen molar-refractivity contribution in [2.75, 3.05) is 5.32 Å².